The van der Waals surface area contributed by atoms with Crippen molar-refractivity contribution in [3.05, 3.63) is 72.1 Å². The average Bonchev–Trinajstić information content (AvgIpc) is 1.76. The molecule has 2 aromatic carbocycles. The number of unbranched alkanes of at least 4 members (excludes halogenated alkanes) is 1. The minimum absolute atomic E-state index is 0.0119. The number of nitrogens with one attached hydrogen (secondary N) is 12. The number of benzene rings is 2. The third kappa shape index (κ3) is 26.2. The lowest BCUT2D eigenvalue weighted by Gasteiger charge is -2.31. The Morgan fingerprint density at radius 2 is 1.17 bits per heavy atom. The van der Waals surface area contributed by atoms with Crippen LogP contribution in [-0.2, 0) is 75.2 Å². The molecule has 0 bridgehead atoms. The zero-order chi connectivity index (χ0) is 76.0. The van der Waals surface area contributed by atoms with Crippen LogP contribution in [0.4, 0.5) is 0 Å². The Hall–Kier alpha value is -9.87. The molecule has 1 fully saturated rings. The van der Waals surface area contributed by atoms with Crippen LogP contribution < -0.4 is 76.1 Å². The van der Waals surface area contributed by atoms with Crippen LogP contribution in [0, 0.1) is 11.8 Å². The number of aliphatic hydroxyl groups excluding tert-OH is 1. The largest absolute Gasteiger partial charge is 0.481 e. The summed E-state index contributed by atoms with van der Waals surface area (Å²) >= 11 is 1.42. The maximum absolute atomic E-state index is 14.5. The van der Waals surface area contributed by atoms with Crippen LogP contribution >= 0.6 is 11.8 Å². The number of aromatic amines is 2. The Labute approximate surface area is 600 Å². The summed E-state index contributed by atoms with van der Waals surface area (Å²) in [4.78, 5) is 189. The standard InChI is InChI=1S/C68H102N18O16S/c1-7-37(4)56(85-64(98)53-22-15-26-86(53)66(100)51(31-55(89)90)83-61(95)49(28-36(2)3)81-60(94)47(23-27-103-6)79-58(92)43(70)29-39-32-74-44-18-10-8-16-41(39)44)65(99)77-38(5)57(91)76-34-54(88)78-46(20-12-13-24-69)59(93)82-50(30-40-33-75-45-19-11-9-17-42(40)45)62(96)84-52(35-87)63(97)80-48(67(101)102)21-14-25-73-68(71)72/h8-11,16-19,32-33,36-38,43,46-53,56,74-75,87H,7,12-15,20-31,34-35,69-70H2,1-6H3,(H,76,91)(H,77,99)(H,78,88)(H,79,92)(H,80,97)(H,81,94)(H,82,93)(H,83,95)(H,84,96)(H,85,98)(H,89,90)(H,101,102)(H4,71,72,73)/t37-,38-,43-,46-,47-,48-,49-,50-,51-,52-,53-,56-/m0/s1. The second-order valence-corrected chi connectivity index (χ2v) is 27.0. The van der Waals surface area contributed by atoms with Crippen molar-refractivity contribution in [1.82, 2.24) is 68.0 Å². The topological polar surface area (TPSA) is 554 Å². The van der Waals surface area contributed by atoms with Gasteiger partial charge in [-0.25, -0.2) is 4.79 Å². The zero-order valence-electron chi connectivity index (χ0n) is 59.0. The minimum Gasteiger partial charge on any atom is -0.481 e. The van der Waals surface area contributed by atoms with Gasteiger partial charge in [-0.2, -0.15) is 11.8 Å². The Morgan fingerprint density at radius 1 is 0.631 bits per heavy atom. The number of fused-ring (bicyclic) bond motifs is 2. The Morgan fingerprint density at radius 3 is 1.76 bits per heavy atom. The number of aliphatic imine (C=N–C) groups is 1. The van der Waals surface area contributed by atoms with Crippen LogP contribution in [0.5, 0.6) is 0 Å². The Balaban J connectivity index is 1.22. The molecule has 0 aliphatic carbocycles. The molecule has 1 aliphatic rings. The van der Waals surface area contributed by atoms with Crippen molar-refractivity contribution in [2.75, 3.05) is 44.8 Å². The molecule has 1 saturated heterocycles. The Kier molecular flexibility index (Phi) is 34.1. The number of para-hydroxylation sites is 2. The number of carboxylic acids is 2. The lowest BCUT2D eigenvalue weighted by Crippen LogP contribution is -2.60. The summed E-state index contributed by atoms with van der Waals surface area (Å²) in [6.45, 7) is 6.80. The predicted molar refractivity (Wildman–Crippen MR) is 384 cm³/mol. The van der Waals surface area contributed by atoms with Gasteiger partial charge in [0.15, 0.2) is 5.96 Å². The van der Waals surface area contributed by atoms with E-state index in [2.05, 4.69) is 68.1 Å². The summed E-state index contributed by atoms with van der Waals surface area (Å²) in [5.41, 5.74) is 25.7. The van der Waals surface area contributed by atoms with Crippen molar-refractivity contribution in [3.63, 3.8) is 0 Å². The lowest BCUT2D eigenvalue weighted by molar-refractivity contribution is -0.146. The van der Waals surface area contributed by atoms with Crippen molar-refractivity contribution >= 4 is 116 Å². The molecule has 566 valence electrons. The van der Waals surface area contributed by atoms with Crippen LogP contribution in [0.2, 0.25) is 0 Å². The number of hydrogen-bond acceptors (Lipinski definition) is 18. The van der Waals surface area contributed by atoms with Gasteiger partial charge in [0.25, 0.3) is 0 Å². The van der Waals surface area contributed by atoms with Crippen LogP contribution in [0.3, 0.4) is 0 Å². The van der Waals surface area contributed by atoms with Crippen LogP contribution in [-0.4, -0.2) is 224 Å². The number of aromatic nitrogens is 2. The number of rotatable bonds is 44. The number of likely N-dealkylation sites (tertiary alicyclic amines) is 1. The highest BCUT2D eigenvalue weighted by Gasteiger charge is 2.42. The molecule has 11 amide bonds. The molecular weight excluding hydrogens is 1360 g/mol. The van der Waals surface area contributed by atoms with E-state index in [1.54, 1.807) is 64.4 Å². The second-order valence-electron chi connectivity index (χ2n) is 26.0. The molecule has 35 heteroatoms. The van der Waals surface area contributed by atoms with Gasteiger partial charge in [-0.05, 0) is 125 Å². The first-order chi connectivity index (χ1) is 49.0. The molecule has 23 N–H and O–H groups in total. The maximum Gasteiger partial charge on any atom is 0.326 e. The predicted octanol–water partition coefficient (Wildman–Crippen LogP) is -2.17. The zero-order valence-corrected chi connectivity index (χ0v) is 59.8. The number of H-pyrrole nitrogens is 2. The summed E-state index contributed by atoms with van der Waals surface area (Å²) in [6, 6.07) is -0.575. The van der Waals surface area contributed by atoms with E-state index in [9.17, 15) is 77.6 Å². The summed E-state index contributed by atoms with van der Waals surface area (Å²) in [5, 5.41) is 57.2. The fourth-order valence-electron chi connectivity index (χ4n) is 11.7. The second kappa shape index (κ2) is 41.9. The molecule has 0 saturated carbocycles. The van der Waals surface area contributed by atoms with Gasteiger partial charge in [0.05, 0.1) is 25.6 Å². The van der Waals surface area contributed by atoms with Crippen molar-refractivity contribution in [1.29, 1.82) is 0 Å². The molecule has 34 nitrogen and oxygen atoms in total. The summed E-state index contributed by atoms with van der Waals surface area (Å²) in [7, 11) is 0. The number of nitrogens with zero attached hydrogens (tertiary/aromatic N) is 2. The van der Waals surface area contributed by atoms with E-state index < -0.39 is 169 Å². The number of amides is 11. The Bertz CT molecular complexity index is 3620. The molecule has 0 radical (unpaired) electrons. The van der Waals surface area contributed by atoms with Crippen LogP contribution in [0.15, 0.2) is 65.9 Å². The molecule has 0 unspecified atom stereocenters. The first-order valence-corrected chi connectivity index (χ1v) is 35.9. The number of carbonyl (C=O) groups excluding carboxylic acids is 11. The van der Waals surface area contributed by atoms with Crippen molar-refractivity contribution in [2.45, 2.75) is 185 Å². The molecular formula is C68H102N18O16S. The van der Waals surface area contributed by atoms with Crippen molar-refractivity contribution in [3.8, 4) is 0 Å². The number of carbonyl (C=O) groups is 13. The third-order valence-electron chi connectivity index (χ3n) is 17.5. The quantitative estimate of drug-likeness (QED) is 0.0127. The van der Waals surface area contributed by atoms with Gasteiger partial charge in [-0.15, -0.1) is 0 Å². The molecule has 4 aromatic rings. The number of nitrogens with two attached hydrogens (primary N) is 4. The smallest absolute Gasteiger partial charge is 0.326 e. The SMILES string of the molecule is CC[C@H](C)[C@H](NC(=O)[C@@H]1CCCN1C(=O)[C@H](CC(=O)O)NC(=O)[C@H](CC(C)C)NC(=O)[C@H](CCSC)NC(=O)[C@@H](N)Cc1c[nH]c2ccccc12)C(=O)N[C@@H](C)C(=O)NCC(=O)N[C@@H](CCCCN)C(=O)N[C@@H](Cc1c[nH]c2ccccc12)C(=O)N[C@@H](CO)C(=O)N[C@@H](CCCN=C(N)N)C(=O)O. The molecule has 0 spiro atoms. The first-order valence-electron chi connectivity index (χ1n) is 34.5. The number of aliphatic carboxylic acids is 2. The molecule has 12 atom stereocenters. The molecule has 1 aliphatic heterocycles. The number of thioether (sulfide) groups is 1. The summed E-state index contributed by atoms with van der Waals surface area (Å²) in [5.74, 6) is -12.9. The van der Waals surface area contributed by atoms with Gasteiger partial charge in [0, 0.05) is 53.7 Å². The van der Waals surface area contributed by atoms with E-state index in [1.807, 2.05) is 30.5 Å². The van der Waals surface area contributed by atoms with Gasteiger partial charge in [-0.3, -0.25) is 62.5 Å². The fourth-order valence-corrected chi connectivity index (χ4v) is 12.2. The highest BCUT2D eigenvalue weighted by Crippen LogP contribution is 2.24. The van der Waals surface area contributed by atoms with Gasteiger partial charge in [0.1, 0.15) is 60.4 Å². The molecule has 5 rings (SSSR count). The minimum atomic E-state index is -1.74. The lowest BCUT2D eigenvalue weighted by atomic mass is 9.97. The highest BCUT2D eigenvalue weighted by atomic mass is 32.2. The molecule has 103 heavy (non-hydrogen) atoms. The first kappa shape index (κ1) is 83.8. The monoisotopic (exact) mass is 1460 g/mol. The molecule has 3 heterocycles. The van der Waals surface area contributed by atoms with Gasteiger partial charge >= 0.3 is 11.9 Å². The van der Waals surface area contributed by atoms with E-state index in [1.165, 1.54) is 18.7 Å². The number of carboxylic acid groups (broad SMARTS) is 2. The number of guanidine groups is 1. The number of aliphatic hydroxyl groups is 1. The van der Waals surface area contributed by atoms with Gasteiger partial charge < -0.3 is 106 Å². The third-order valence-corrected chi connectivity index (χ3v) is 18.2. The van der Waals surface area contributed by atoms with Crippen molar-refractivity contribution < 1.29 is 77.6 Å². The maximum atomic E-state index is 14.5. The van der Waals surface area contributed by atoms with Crippen molar-refractivity contribution in [2.24, 2.45) is 39.8 Å². The summed E-state index contributed by atoms with van der Waals surface area (Å²) in [6.07, 6.45) is 5.83. The van der Waals surface area contributed by atoms with E-state index in [-0.39, 0.29) is 89.3 Å². The van der Waals surface area contributed by atoms with Crippen LogP contribution in [0.1, 0.15) is 116 Å². The van der Waals surface area contributed by atoms with E-state index in [0.717, 1.165) is 21.4 Å². The van der Waals surface area contributed by atoms with Crippen LogP contribution in [0.25, 0.3) is 21.8 Å². The average molecular weight is 1460 g/mol. The van der Waals surface area contributed by atoms with E-state index >= 15 is 0 Å². The fraction of sp³-hybridized carbons (Fsp3) is 0.559. The number of hydrogen-bond donors (Lipinski definition) is 19. The highest BCUT2D eigenvalue weighted by molar-refractivity contribution is 7.98. The molecule has 2 aromatic heterocycles. The van der Waals surface area contributed by atoms with E-state index in [4.69, 9.17) is 22.9 Å². The van der Waals surface area contributed by atoms with Gasteiger partial charge in [0.2, 0.25) is 65.0 Å². The van der Waals surface area contributed by atoms with E-state index in [0.29, 0.717) is 41.5 Å². The summed E-state index contributed by atoms with van der Waals surface area (Å²) < 4.78 is 0. The normalized spacial score (nSPS) is 16.0. The van der Waals surface area contributed by atoms with Gasteiger partial charge in [-0.1, -0.05) is 70.5 Å².